The van der Waals surface area contributed by atoms with E-state index in [2.05, 4.69) is 48.4 Å². The van der Waals surface area contributed by atoms with Crippen LogP contribution in [0.1, 0.15) is 48.6 Å². The van der Waals surface area contributed by atoms with E-state index in [9.17, 15) is 4.79 Å². The predicted molar refractivity (Wildman–Crippen MR) is 148 cm³/mol. The van der Waals surface area contributed by atoms with Crippen molar-refractivity contribution < 1.29 is 4.79 Å². The van der Waals surface area contributed by atoms with E-state index in [0.29, 0.717) is 15.8 Å². The highest BCUT2D eigenvalue weighted by molar-refractivity contribution is 7.80. The Hall–Kier alpha value is -3.76. The topological polar surface area (TPSA) is 92.9 Å². The molecule has 0 saturated carbocycles. The second-order valence-corrected chi connectivity index (χ2v) is 10.1. The Balaban J connectivity index is 1.61. The Morgan fingerprint density at radius 3 is 2.54 bits per heavy atom. The van der Waals surface area contributed by atoms with Crippen molar-refractivity contribution in [2.45, 2.75) is 39.8 Å². The van der Waals surface area contributed by atoms with E-state index in [0.717, 1.165) is 28.3 Å². The number of thiocarbonyl (C=S) groups is 1. The molecule has 9 nitrogen and oxygen atoms in total. The lowest BCUT2D eigenvalue weighted by atomic mass is 9.96. The van der Waals surface area contributed by atoms with E-state index >= 15 is 0 Å². The first-order valence-corrected chi connectivity index (χ1v) is 12.7. The van der Waals surface area contributed by atoms with Crippen molar-refractivity contribution in [1.82, 2.24) is 29.9 Å². The maximum atomic E-state index is 12.2. The molecule has 2 N–H and O–H groups in total. The number of nitrogens with one attached hydrogen (secondary N) is 2. The number of aryl methyl sites for hydroxylation is 1. The molecule has 1 fully saturated rings. The Morgan fingerprint density at radius 1 is 1.14 bits per heavy atom. The number of aromatic nitrogens is 5. The molecule has 1 aliphatic rings. The number of rotatable bonds is 6. The summed E-state index contributed by atoms with van der Waals surface area (Å²) in [6.45, 7) is 7.78. The van der Waals surface area contributed by atoms with E-state index in [1.54, 1.807) is 18.9 Å². The molecule has 0 bridgehead atoms. The number of amides is 1. The van der Waals surface area contributed by atoms with Crippen LogP contribution in [-0.4, -0.2) is 35.6 Å². The number of nitrogens with zero attached hydrogens (tertiary/aromatic N) is 6. The molecule has 0 aliphatic carbocycles. The van der Waals surface area contributed by atoms with Crippen molar-refractivity contribution >= 4 is 46.2 Å². The van der Waals surface area contributed by atoms with E-state index in [1.807, 2.05) is 61.8 Å². The average Bonchev–Trinajstić information content (AvgIpc) is 3.58. The molecule has 37 heavy (non-hydrogen) atoms. The zero-order valence-corrected chi connectivity index (χ0v) is 22.5. The van der Waals surface area contributed by atoms with Crippen LogP contribution in [0, 0.1) is 19.8 Å². The van der Waals surface area contributed by atoms with Gasteiger partial charge in [0.2, 0.25) is 5.91 Å². The first-order chi connectivity index (χ1) is 17.8. The van der Waals surface area contributed by atoms with Gasteiger partial charge in [-0.05, 0) is 62.5 Å². The molecule has 3 aromatic heterocycles. The van der Waals surface area contributed by atoms with Crippen molar-refractivity contribution in [3.8, 4) is 0 Å². The predicted octanol–water partition coefficient (Wildman–Crippen LogP) is 4.83. The Labute approximate surface area is 225 Å². The summed E-state index contributed by atoms with van der Waals surface area (Å²) in [6.07, 6.45) is 5.11. The first kappa shape index (κ1) is 24.9. The van der Waals surface area contributed by atoms with Gasteiger partial charge >= 0.3 is 0 Å². The highest BCUT2D eigenvalue weighted by Gasteiger charge is 2.42. The molecule has 0 radical (unpaired) electrons. The summed E-state index contributed by atoms with van der Waals surface area (Å²) in [7, 11) is 0. The molecule has 0 spiro atoms. The minimum absolute atomic E-state index is 0.0949. The number of halogens is 1. The summed E-state index contributed by atoms with van der Waals surface area (Å²) in [4.78, 5) is 18.9. The number of anilines is 2. The fourth-order valence-corrected chi connectivity index (χ4v) is 5.28. The number of hydrogen-bond donors (Lipinski definition) is 2. The molecule has 1 aromatic carbocycles. The van der Waals surface area contributed by atoms with Gasteiger partial charge in [-0.3, -0.25) is 14.5 Å². The van der Waals surface area contributed by atoms with Gasteiger partial charge in [-0.2, -0.15) is 0 Å². The molecule has 1 saturated heterocycles. The molecule has 5 rings (SSSR count). The molecule has 2 atom stereocenters. The number of hydrogen-bond acceptors (Lipinski definition) is 5. The Morgan fingerprint density at radius 2 is 1.89 bits per heavy atom. The van der Waals surface area contributed by atoms with Crippen molar-refractivity contribution in [3.63, 3.8) is 0 Å². The SMILES string of the molecule is Cc1cc([C@@H]2[C@@H](c3ccccn3)NC(=S)N2c2ccc(NC(=O)C(C)C)c(Cl)c2)c(C)n1-n1cnnc1. The first-order valence-electron chi connectivity index (χ1n) is 11.9. The van der Waals surface area contributed by atoms with E-state index in [1.165, 1.54) is 0 Å². The van der Waals surface area contributed by atoms with Crippen molar-refractivity contribution in [1.29, 1.82) is 0 Å². The second kappa shape index (κ2) is 9.95. The molecular weight excluding hydrogens is 508 g/mol. The zero-order valence-electron chi connectivity index (χ0n) is 20.9. The summed E-state index contributed by atoms with van der Waals surface area (Å²) in [5.74, 6) is -0.252. The minimum Gasteiger partial charge on any atom is -0.351 e. The normalized spacial score (nSPS) is 17.4. The van der Waals surface area contributed by atoms with E-state index < -0.39 is 0 Å². The number of carbonyl (C=O) groups is 1. The van der Waals surface area contributed by atoms with Gasteiger partial charge in [-0.15, -0.1) is 10.2 Å². The van der Waals surface area contributed by atoms with Crippen LogP contribution in [0.5, 0.6) is 0 Å². The van der Waals surface area contributed by atoms with Gasteiger partial charge in [0.05, 0.1) is 28.5 Å². The summed E-state index contributed by atoms with van der Waals surface area (Å²) >= 11 is 12.5. The maximum absolute atomic E-state index is 12.2. The smallest absolute Gasteiger partial charge is 0.226 e. The molecular formula is C26H27ClN8OS. The molecule has 0 unspecified atom stereocenters. The van der Waals surface area contributed by atoms with E-state index in [-0.39, 0.29) is 23.9 Å². The lowest BCUT2D eigenvalue weighted by Crippen LogP contribution is -2.29. The molecule has 1 aliphatic heterocycles. The summed E-state index contributed by atoms with van der Waals surface area (Å²) in [5, 5.41) is 15.3. The molecule has 11 heteroatoms. The van der Waals surface area contributed by atoms with Crippen molar-refractivity contribution in [2.24, 2.45) is 5.92 Å². The van der Waals surface area contributed by atoms with Crippen LogP contribution in [0.3, 0.4) is 0 Å². The third-order valence-corrected chi connectivity index (χ3v) is 7.13. The van der Waals surface area contributed by atoms with E-state index in [4.69, 9.17) is 23.8 Å². The lowest BCUT2D eigenvalue weighted by Gasteiger charge is -2.28. The van der Waals surface area contributed by atoms with Gasteiger partial charge in [-0.25, -0.2) is 4.68 Å². The highest BCUT2D eigenvalue weighted by atomic mass is 35.5. The largest absolute Gasteiger partial charge is 0.351 e. The van der Waals surface area contributed by atoms with Crippen LogP contribution in [0.2, 0.25) is 5.02 Å². The van der Waals surface area contributed by atoms with Gasteiger partial charge < -0.3 is 15.5 Å². The fourth-order valence-electron chi connectivity index (χ4n) is 4.71. The number of benzene rings is 1. The van der Waals surface area contributed by atoms with Gasteiger partial charge in [0, 0.05) is 34.8 Å². The third-order valence-electron chi connectivity index (χ3n) is 6.50. The van der Waals surface area contributed by atoms with Gasteiger partial charge in [-0.1, -0.05) is 31.5 Å². The van der Waals surface area contributed by atoms with Gasteiger partial charge in [0.1, 0.15) is 12.7 Å². The molecule has 4 aromatic rings. The third kappa shape index (κ3) is 4.58. The van der Waals surface area contributed by atoms with Crippen LogP contribution >= 0.6 is 23.8 Å². The highest BCUT2D eigenvalue weighted by Crippen LogP contribution is 2.44. The Kier molecular flexibility index (Phi) is 6.70. The maximum Gasteiger partial charge on any atom is 0.226 e. The van der Waals surface area contributed by atoms with Crippen LogP contribution in [0.25, 0.3) is 0 Å². The number of carbonyl (C=O) groups excluding carboxylic acids is 1. The summed E-state index contributed by atoms with van der Waals surface area (Å²) in [6, 6.07) is 13.1. The van der Waals surface area contributed by atoms with Crippen LogP contribution < -0.4 is 15.5 Å². The summed E-state index contributed by atoms with van der Waals surface area (Å²) < 4.78 is 3.90. The second-order valence-electron chi connectivity index (χ2n) is 9.28. The Bertz CT molecular complexity index is 1450. The van der Waals surface area contributed by atoms with Crippen LogP contribution in [-0.2, 0) is 4.79 Å². The number of pyridine rings is 1. The monoisotopic (exact) mass is 534 g/mol. The summed E-state index contributed by atoms with van der Waals surface area (Å²) in [5.41, 5.74) is 5.36. The van der Waals surface area contributed by atoms with Gasteiger partial charge in [0.25, 0.3) is 0 Å². The van der Waals surface area contributed by atoms with Crippen molar-refractivity contribution in [3.05, 3.63) is 89.0 Å². The average molecular weight is 535 g/mol. The molecule has 1 amide bonds. The van der Waals surface area contributed by atoms with Crippen LogP contribution in [0.4, 0.5) is 11.4 Å². The quantitative estimate of drug-likeness (QED) is 0.342. The zero-order chi connectivity index (χ0) is 26.3. The van der Waals surface area contributed by atoms with Crippen LogP contribution in [0.15, 0.2) is 61.3 Å². The van der Waals surface area contributed by atoms with Gasteiger partial charge in [0.15, 0.2) is 5.11 Å². The molecule has 4 heterocycles. The minimum atomic E-state index is -0.217. The van der Waals surface area contributed by atoms with Crippen molar-refractivity contribution in [2.75, 3.05) is 10.2 Å². The standard InChI is InChI=1S/C26H27ClN8OS/c1-15(2)25(36)31-21-9-8-18(12-20(21)27)34-24(23(32-26(34)37)22-7-5-6-10-28-22)19-11-16(3)35(17(19)4)33-13-29-30-14-33/h5-15,23-24H,1-4H3,(H,31,36)(H,32,37)/t23-,24-/m1/s1. The molecule has 190 valence electrons. The lowest BCUT2D eigenvalue weighted by molar-refractivity contribution is -0.118. The fraction of sp³-hybridized carbons (Fsp3) is 0.269.